The standard InChI is InChI=1S/C14H8ClO/c15-12-7-3-2-6-11(12)14-9-10-5-1-4-8-13(10)16-14/h1-8H. The van der Waals surface area contributed by atoms with Crippen molar-refractivity contribution in [3.05, 3.63) is 59.6 Å². The minimum absolute atomic E-state index is 0.679. The molecule has 0 saturated carbocycles. The first-order valence-electron chi connectivity index (χ1n) is 5.00. The fourth-order valence-electron chi connectivity index (χ4n) is 1.68. The molecule has 0 spiro atoms. The largest absolute Gasteiger partial charge is 0.455 e. The first kappa shape index (κ1) is 9.49. The topological polar surface area (TPSA) is 13.1 Å². The maximum atomic E-state index is 6.11. The van der Waals surface area contributed by atoms with E-state index in [1.54, 1.807) is 0 Å². The lowest BCUT2D eigenvalue weighted by atomic mass is 10.1. The third kappa shape index (κ3) is 1.50. The number of hydrogen-bond acceptors (Lipinski definition) is 1. The van der Waals surface area contributed by atoms with E-state index in [1.807, 2.05) is 48.5 Å². The van der Waals surface area contributed by atoms with Crippen LogP contribution in [0.4, 0.5) is 0 Å². The van der Waals surface area contributed by atoms with Gasteiger partial charge in [0.1, 0.15) is 11.3 Å². The van der Waals surface area contributed by atoms with Gasteiger partial charge in [0.25, 0.3) is 0 Å². The summed E-state index contributed by atoms with van der Waals surface area (Å²) in [5.74, 6) is 0.687. The number of furan rings is 1. The first-order valence-corrected chi connectivity index (χ1v) is 5.38. The van der Waals surface area contributed by atoms with Crippen LogP contribution in [-0.4, -0.2) is 0 Å². The lowest BCUT2D eigenvalue weighted by Gasteiger charge is -1.97. The molecule has 77 valence electrons. The summed E-state index contributed by atoms with van der Waals surface area (Å²) in [6.45, 7) is 0. The zero-order valence-electron chi connectivity index (χ0n) is 8.41. The Morgan fingerprint density at radius 2 is 1.69 bits per heavy atom. The fourth-order valence-corrected chi connectivity index (χ4v) is 1.91. The number of para-hydroxylation sites is 1. The van der Waals surface area contributed by atoms with Crippen molar-refractivity contribution in [2.45, 2.75) is 0 Å². The molecule has 0 aliphatic rings. The summed E-state index contributed by atoms with van der Waals surface area (Å²) in [4.78, 5) is 0. The smallest absolute Gasteiger partial charge is 0.144 e. The molecule has 0 aliphatic heterocycles. The third-order valence-corrected chi connectivity index (χ3v) is 2.80. The maximum absolute atomic E-state index is 6.11. The molecule has 1 nitrogen and oxygen atoms in total. The quantitative estimate of drug-likeness (QED) is 0.594. The van der Waals surface area contributed by atoms with Crippen molar-refractivity contribution in [2.75, 3.05) is 0 Å². The summed E-state index contributed by atoms with van der Waals surface area (Å²) in [5, 5.41) is 1.65. The summed E-state index contributed by atoms with van der Waals surface area (Å²) in [6, 6.07) is 18.6. The van der Waals surface area contributed by atoms with E-state index < -0.39 is 0 Å². The van der Waals surface area contributed by atoms with Crippen LogP contribution in [0, 0.1) is 6.07 Å². The third-order valence-electron chi connectivity index (χ3n) is 2.47. The van der Waals surface area contributed by atoms with Crippen molar-refractivity contribution < 1.29 is 4.42 Å². The van der Waals surface area contributed by atoms with Gasteiger partial charge in [0.15, 0.2) is 0 Å². The summed E-state index contributed by atoms with van der Waals surface area (Å²) >= 11 is 6.11. The van der Waals surface area contributed by atoms with E-state index in [4.69, 9.17) is 16.0 Å². The highest BCUT2D eigenvalue weighted by Gasteiger charge is 2.08. The van der Waals surface area contributed by atoms with Gasteiger partial charge in [-0.05, 0) is 18.2 Å². The molecule has 0 aliphatic carbocycles. The monoisotopic (exact) mass is 227 g/mol. The van der Waals surface area contributed by atoms with Crippen molar-refractivity contribution in [1.29, 1.82) is 0 Å². The molecule has 0 N–H and O–H groups in total. The van der Waals surface area contributed by atoms with E-state index >= 15 is 0 Å². The summed E-state index contributed by atoms with van der Waals surface area (Å²) in [7, 11) is 0. The molecule has 3 rings (SSSR count). The van der Waals surface area contributed by atoms with Crippen LogP contribution in [-0.2, 0) is 0 Å². The Morgan fingerprint density at radius 3 is 2.50 bits per heavy atom. The summed E-state index contributed by atoms with van der Waals surface area (Å²) in [6.07, 6.45) is 0. The number of hydrogen-bond donors (Lipinski definition) is 0. The molecular formula is C14H8ClO. The van der Waals surface area contributed by atoms with Crippen LogP contribution in [0.5, 0.6) is 0 Å². The highest BCUT2D eigenvalue weighted by atomic mass is 35.5. The van der Waals surface area contributed by atoms with Gasteiger partial charge in [-0.15, -0.1) is 0 Å². The van der Waals surface area contributed by atoms with E-state index in [0.717, 1.165) is 16.5 Å². The first-order chi connectivity index (χ1) is 7.84. The van der Waals surface area contributed by atoms with Gasteiger partial charge in [0.2, 0.25) is 0 Å². The molecule has 0 fully saturated rings. The molecule has 3 aromatic rings. The van der Waals surface area contributed by atoms with Crippen LogP contribution < -0.4 is 0 Å². The SMILES string of the molecule is Clc1ccccc1-c1[c]c2ccccc2o1. The van der Waals surface area contributed by atoms with Gasteiger partial charge in [-0.2, -0.15) is 0 Å². The molecule has 2 heteroatoms. The van der Waals surface area contributed by atoms with Crippen molar-refractivity contribution in [3.8, 4) is 11.3 Å². The van der Waals surface area contributed by atoms with Gasteiger partial charge in [-0.3, -0.25) is 0 Å². The van der Waals surface area contributed by atoms with Crippen molar-refractivity contribution in [3.63, 3.8) is 0 Å². The van der Waals surface area contributed by atoms with E-state index in [9.17, 15) is 0 Å². The predicted octanol–water partition coefficient (Wildman–Crippen LogP) is 4.55. The average Bonchev–Trinajstić information content (AvgIpc) is 2.73. The lowest BCUT2D eigenvalue weighted by molar-refractivity contribution is 0.631. The molecule has 0 amide bonds. The summed E-state index contributed by atoms with van der Waals surface area (Å²) < 4.78 is 5.69. The molecule has 2 aromatic carbocycles. The van der Waals surface area contributed by atoms with Crippen LogP contribution in [0.1, 0.15) is 0 Å². The lowest BCUT2D eigenvalue weighted by Crippen LogP contribution is -1.74. The van der Waals surface area contributed by atoms with E-state index in [0.29, 0.717) is 10.8 Å². The molecular weight excluding hydrogens is 220 g/mol. The van der Waals surface area contributed by atoms with Gasteiger partial charge < -0.3 is 4.42 Å². The maximum Gasteiger partial charge on any atom is 0.144 e. The minimum atomic E-state index is 0.679. The van der Waals surface area contributed by atoms with Crippen LogP contribution in [0.2, 0.25) is 5.02 Å². The number of fused-ring (bicyclic) bond motifs is 1. The molecule has 1 radical (unpaired) electrons. The Kier molecular flexibility index (Phi) is 2.19. The van der Waals surface area contributed by atoms with Gasteiger partial charge >= 0.3 is 0 Å². The Morgan fingerprint density at radius 1 is 0.938 bits per heavy atom. The molecule has 0 atom stereocenters. The second-order valence-corrected chi connectivity index (χ2v) is 3.94. The van der Waals surface area contributed by atoms with Gasteiger partial charge in [0, 0.05) is 17.0 Å². The van der Waals surface area contributed by atoms with Gasteiger partial charge in [-0.25, -0.2) is 0 Å². The summed E-state index contributed by atoms with van der Waals surface area (Å²) in [5.41, 5.74) is 1.71. The Bertz CT molecular complexity index is 607. The predicted molar refractivity (Wildman–Crippen MR) is 65.5 cm³/mol. The number of halogens is 1. The van der Waals surface area contributed by atoms with Crippen molar-refractivity contribution in [2.24, 2.45) is 0 Å². The van der Waals surface area contributed by atoms with Crippen molar-refractivity contribution >= 4 is 22.6 Å². The highest BCUT2D eigenvalue weighted by Crippen LogP contribution is 2.31. The average molecular weight is 228 g/mol. The second-order valence-electron chi connectivity index (χ2n) is 3.53. The molecule has 1 heterocycles. The van der Waals surface area contributed by atoms with E-state index in [2.05, 4.69) is 6.07 Å². The molecule has 1 aromatic heterocycles. The second kappa shape index (κ2) is 3.69. The number of benzene rings is 2. The van der Waals surface area contributed by atoms with Gasteiger partial charge in [-0.1, -0.05) is 41.9 Å². The van der Waals surface area contributed by atoms with Crippen LogP contribution in [0.3, 0.4) is 0 Å². The van der Waals surface area contributed by atoms with E-state index in [1.165, 1.54) is 0 Å². The zero-order valence-corrected chi connectivity index (χ0v) is 9.16. The van der Waals surface area contributed by atoms with Gasteiger partial charge in [0.05, 0.1) is 5.02 Å². The zero-order chi connectivity index (χ0) is 11.0. The Labute approximate surface area is 98.3 Å². The normalized spacial score (nSPS) is 10.8. The minimum Gasteiger partial charge on any atom is -0.455 e. The molecule has 16 heavy (non-hydrogen) atoms. The Hall–Kier alpha value is -1.73. The van der Waals surface area contributed by atoms with Crippen LogP contribution in [0.15, 0.2) is 52.9 Å². The Balaban J connectivity index is 2.23. The number of rotatable bonds is 1. The highest BCUT2D eigenvalue weighted by molar-refractivity contribution is 6.33. The van der Waals surface area contributed by atoms with Crippen LogP contribution >= 0.6 is 11.6 Å². The van der Waals surface area contributed by atoms with Crippen LogP contribution in [0.25, 0.3) is 22.3 Å². The molecule has 0 unspecified atom stereocenters. The molecule has 0 bridgehead atoms. The van der Waals surface area contributed by atoms with E-state index in [-0.39, 0.29) is 0 Å². The van der Waals surface area contributed by atoms with Crippen molar-refractivity contribution in [1.82, 2.24) is 0 Å². The fraction of sp³-hybridized carbons (Fsp3) is 0. The molecule has 0 saturated heterocycles.